The van der Waals surface area contributed by atoms with E-state index in [4.69, 9.17) is 17.0 Å². The van der Waals surface area contributed by atoms with Gasteiger partial charge in [-0.2, -0.15) is 0 Å². The molecular formula is C20H25N3OS. The molecule has 1 aliphatic heterocycles. The predicted molar refractivity (Wildman–Crippen MR) is 107 cm³/mol. The number of ether oxygens (including phenoxy) is 1. The van der Waals surface area contributed by atoms with Gasteiger partial charge in [-0.1, -0.05) is 30.3 Å². The second-order valence-electron chi connectivity index (χ2n) is 6.26. The van der Waals surface area contributed by atoms with Crippen LogP contribution in [0.25, 0.3) is 0 Å². The van der Waals surface area contributed by atoms with Crippen LogP contribution in [0.1, 0.15) is 18.9 Å². The molecule has 0 bridgehead atoms. The molecule has 0 amide bonds. The number of thiocarbonyl (C=S) groups is 1. The smallest absolute Gasteiger partial charge is 0.171 e. The third kappa shape index (κ3) is 5.44. The Bertz CT molecular complexity index is 675. The van der Waals surface area contributed by atoms with Gasteiger partial charge in [0.25, 0.3) is 0 Å². The SMILES string of the molecule is CCOc1ccc(NC(=S)N[C@H]2CCN(Cc3ccccc3)C2)cc1. The lowest BCUT2D eigenvalue weighted by atomic mass is 10.2. The molecule has 1 saturated heterocycles. The summed E-state index contributed by atoms with van der Waals surface area (Å²) < 4.78 is 5.45. The highest BCUT2D eigenvalue weighted by Gasteiger charge is 2.22. The normalized spacial score (nSPS) is 17.2. The lowest BCUT2D eigenvalue weighted by Crippen LogP contribution is -2.39. The molecule has 2 aromatic carbocycles. The van der Waals surface area contributed by atoms with Gasteiger partial charge in [-0.15, -0.1) is 0 Å². The van der Waals surface area contributed by atoms with E-state index in [1.54, 1.807) is 0 Å². The summed E-state index contributed by atoms with van der Waals surface area (Å²) >= 11 is 5.45. The average molecular weight is 356 g/mol. The van der Waals surface area contributed by atoms with E-state index in [9.17, 15) is 0 Å². The number of anilines is 1. The van der Waals surface area contributed by atoms with Crippen molar-refractivity contribution in [2.75, 3.05) is 25.0 Å². The quantitative estimate of drug-likeness (QED) is 0.774. The van der Waals surface area contributed by atoms with E-state index in [0.29, 0.717) is 17.8 Å². The molecule has 2 aromatic rings. The van der Waals surface area contributed by atoms with Crippen LogP contribution in [0.2, 0.25) is 0 Å². The Balaban J connectivity index is 1.44. The molecule has 0 unspecified atom stereocenters. The molecule has 4 nitrogen and oxygen atoms in total. The number of rotatable bonds is 6. The molecule has 2 N–H and O–H groups in total. The fourth-order valence-corrected chi connectivity index (χ4v) is 3.37. The summed E-state index contributed by atoms with van der Waals surface area (Å²) in [5.41, 5.74) is 2.33. The molecular weight excluding hydrogens is 330 g/mol. The Kier molecular flexibility index (Phi) is 6.25. The molecule has 0 aromatic heterocycles. The molecule has 132 valence electrons. The second-order valence-corrected chi connectivity index (χ2v) is 6.67. The van der Waals surface area contributed by atoms with Gasteiger partial charge < -0.3 is 15.4 Å². The van der Waals surface area contributed by atoms with Crippen LogP contribution in [0.15, 0.2) is 54.6 Å². The fraction of sp³-hybridized carbons (Fsp3) is 0.350. The van der Waals surface area contributed by atoms with E-state index >= 15 is 0 Å². The van der Waals surface area contributed by atoms with Gasteiger partial charge in [0, 0.05) is 31.4 Å². The number of likely N-dealkylation sites (tertiary alicyclic amines) is 1. The van der Waals surface area contributed by atoms with Crippen LogP contribution in [0.4, 0.5) is 5.69 Å². The molecule has 1 atom stereocenters. The Morgan fingerprint density at radius 1 is 1.16 bits per heavy atom. The van der Waals surface area contributed by atoms with Crippen molar-refractivity contribution < 1.29 is 4.74 Å². The lowest BCUT2D eigenvalue weighted by Gasteiger charge is -2.18. The first kappa shape index (κ1) is 17.7. The van der Waals surface area contributed by atoms with Gasteiger partial charge in [0.05, 0.1) is 6.61 Å². The molecule has 0 radical (unpaired) electrons. The van der Waals surface area contributed by atoms with Crippen LogP contribution in [-0.4, -0.2) is 35.8 Å². The van der Waals surface area contributed by atoms with Gasteiger partial charge in [0.15, 0.2) is 5.11 Å². The number of benzene rings is 2. The van der Waals surface area contributed by atoms with Crippen molar-refractivity contribution in [1.29, 1.82) is 0 Å². The van der Waals surface area contributed by atoms with Crippen molar-refractivity contribution in [3.63, 3.8) is 0 Å². The second kappa shape index (κ2) is 8.83. The maximum absolute atomic E-state index is 5.45. The molecule has 0 saturated carbocycles. The highest BCUT2D eigenvalue weighted by atomic mass is 32.1. The summed E-state index contributed by atoms with van der Waals surface area (Å²) in [6.45, 7) is 5.76. The summed E-state index contributed by atoms with van der Waals surface area (Å²) in [6.07, 6.45) is 1.11. The minimum atomic E-state index is 0.395. The molecule has 3 rings (SSSR count). The summed E-state index contributed by atoms with van der Waals surface area (Å²) in [6, 6.07) is 18.9. The predicted octanol–water partition coefficient (Wildman–Crippen LogP) is 3.65. The van der Waals surface area contributed by atoms with Crippen LogP contribution in [0.5, 0.6) is 5.75 Å². The van der Waals surface area contributed by atoms with Gasteiger partial charge in [-0.25, -0.2) is 0 Å². The lowest BCUT2D eigenvalue weighted by molar-refractivity contribution is 0.324. The Morgan fingerprint density at radius 3 is 2.64 bits per heavy atom. The minimum absolute atomic E-state index is 0.395. The third-order valence-corrected chi connectivity index (χ3v) is 4.50. The topological polar surface area (TPSA) is 36.5 Å². The van der Waals surface area contributed by atoms with E-state index in [-0.39, 0.29) is 0 Å². The van der Waals surface area contributed by atoms with Gasteiger partial charge in [0.1, 0.15) is 5.75 Å². The zero-order valence-electron chi connectivity index (χ0n) is 14.6. The zero-order chi connectivity index (χ0) is 17.5. The van der Waals surface area contributed by atoms with Crippen LogP contribution in [0.3, 0.4) is 0 Å². The first-order valence-corrected chi connectivity index (χ1v) is 9.20. The molecule has 1 fully saturated rings. The van der Waals surface area contributed by atoms with E-state index in [1.165, 1.54) is 5.56 Å². The van der Waals surface area contributed by atoms with Crippen LogP contribution >= 0.6 is 12.2 Å². The van der Waals surface area contributed by atoms with E-state index in [0.717, 1.165) is 37.5 Å². The van der Waals surface area contributed by atoms with Crippen molar-refractivity contribution in [2.45, 2.75) is 25.9 Å². The van der Waals surface area contributed by atoms with E-state index in [2.05, 4.69) is 45.9 Å². The van der Waals surface area contributed by atoms with Crippen molar-refractivity contribution in [2.24, 2.45) is 0 Å². The maximum Gasteiger partial charge on any atom is 0.171 e. The van der Waals surface area contributed by atoms with Crippen LogP contribution in [-0.2, 0) is 6.54 Å². The molecule has 1 aliphatic rings. The largest absolute Gasteiger partial charge is 0.494 e. The highest BCUT2D eigenvalue weighted by Crippen LogP contribution is 2.16. The van der Waals surface area contributed by atoms with Crippen molar-refractivity contribution in [3.05, 3.63) is 60.2 Å². The average Bonchev–Trinajstić information content (AvgIpc) is 3.04. The first-order valence-electron chi connectivity index (χ1n) is 8.79. The molecule has 0 aliphatic carbocycles. The Hall–Kier alpha value is -2.11. The van der Waals surface area contributed by atoms with Gasteiger partial charge in [-0.3, -0.25) is 4.90 Å². The summed E-state index contributed by atoms with van der Waals surface area (Å²) in [7, 11) is 0. The monoisotopic (exact) mass is 355 g/mol. The first-order chi connectivity index (χ1) is 12.2. The van der Waals surface area contributed by atoms with Crippen LogP contribution in [0, 0.1) is 0 Å². The highest BCUT2D eigenvalue weighted by molar-refractivity contribution is 7.80. The van der Waals surface area contributed by atoms with Gasteiger partial charge in [-0.05, 0) is 55.4 Å². The number of hydrogen-bond donors (Lipinski definition) is 2. The number of nitrogens with one attached hydrogen (secondary N) is 2. The van der Waals surface area contributed by atoms with Gasteiger partial charge >= 0.3 is 0 Å². The summed E-state index contributed by atoms with van der Waals surface area (Å²) in [5.74, 6) is 0.874. The Labute approximate surface area is 155 Å². The van der Waals surface area contributed by atoms with Crippen molar-refractivity contribution in [3.8, 4) is 5.75 Å². The van der Waals surface area contributed by atoms with Crippen molar-refractivity contribution >= 4 is 23.0 Å². The zero-order valence-corrected chi connectivity index (χ0v) is 15.4. The Morgan fingerprint density at radius 2 is 1.92 bits per heavy atom. The maximum atomic E-state index is 5.45. The molecule has 0 spiro atoms. The number of hydrogen-bond acceptors (Lipinski definition) is 3. The van der Waals surface area contributed by atoms with E-state index in [1.807, 2.05) is 31.2 Å². The fourth-order valence-electron chi connectivity index (χ4n) is 3.09. The molecule has 5 heteroatoms. The summed E-state index contributed by atoms with van der Waals surface area (Å²) in [5, 5.41) is 7.36. The standard InChI is InChI=1S/C20H25N3OS/c1-2-24-19-10-8-17(9-11-19)21-20(25)22-18-12-13-23(15-18)14-16-6-4-3-5-7-16/h3-11,18H,2,12-15H2,1H3,(H2,21,22,25)/t18-/m0/s1. The van der Waals surface area contributed by atoms with Crippen LogP contribution < -0.4 is 15.4 Å². The minimum Gasteiger partial charge on any atom is -0.494 e. The molecule has 25 heavy (non-hydrogen) atoms. The van der Waals surface area contributed by atoms with Gasteiger partial charge in [0.2, 0.25) is 0 Å². The van der Waals surface area contributed by atoms with E-state index < -0.39 is 0 Å². The summed E-state index contributed by atoms with van der Waals surface area (Å²) in [4.78, 5) is 2.46. The number of nitrogens with zero attached hydrogens (tertiary/aromatic N) is 1. The van der Waals surface area contributed by atoms with Crippen molar-refractivity contribution in [1.82, 2.24) is 10.2 Å². The third-order valence-electron chi connectivity index (χ3n) is 4.28. The molecule has 1 heterocycles.